The van der Waals surface area contributed by atoms with Crippen molar-refractivity contribution in [2.45, 2.75) is 24.7 Å². The van der Waals surface area contributed by atoms with Gasteiger partial charge in [0.05, 0.1) is 24.0 Å². The topological polar surface area (TPSA) is 74.2 Å². The molecule has 0 unspecified atom stereocenters. The normalized spacial score (nSPS) is 19.7. The van der Waals surface area contributed by atoms with Crippen LogP contribution in [-0.4, -0.2) is 22.2 Å². The van der Waals surface area contributed by atoms with E-state index in [-0.39, 0.29) is 5.69 Å². The van der Waals surface area contributed by atoms with Gasteiger partial charge >= 0.3 is 12.2 Å². The zero-order valence-electron chi connectivity index (χ0n) is 12.3. The highest BCUT2D eigenvalue weighted by Crippen LogP contribution is 2.31. The zero-order chi connectivity index (χ0) is 17.3. The fraction of sp³-hybridized carbons (Fsp3) is 0.250. The van der Waals surface area contributed by atoms with E-state index < -0.39 is 30.0 Å². The number of aliphatic hydroxyl groups excluding tert-OH is 1. The molecule has 0 radical (unpaired) electrons. The molecule has 8 heteroatoms. The summed E-state index contributed by atoms with van der Waals surface area (Å²) in [5.74, 6) is 0. The number of rotatable bonds is 2. The number of nitrogens with one attached hydrogen (secondary N) is 2. The Morgan fingerprint density at radius 3 is 2.62 bits per heavy atom. The molecule has 1 aliphatic carbocycles. The highest BCUT2D eigenvalue weighted by molar-refractivity contribution is 5.89. The SMILES string of the molecule is O=C(Nc1ccc(C(F)(F)F)nc1)N[C@@H]1c2ccccc2C[C@H]1O. The lowest BCUT2D eigenvalue weighted by Gasteiger charge is -2.18. The van der Waals surface area contributed by atoms with Gasteiger partial charge in [-0.1, -0.05) is 24.3 Å². The lowest BCUT2D eigenvalue weighted by atomic mass is 10.1. The fourth-order valence-electron chi connectivity index (χ4n) is 2.69. The van der Waals surface area contributed by atoms with Crippen molar-refractivity contribution in [2.75, 3.05) is 5.32 Å². The average molecular weight is 337 g/mol. The molecule has 0 aliphatic heterocycles. The van der Waals surface area contributed by atoms with Gasteiger partial charge in [0, 0.05) is 6.42 Å². The molecule has 2 aromatic rings. The van der Waals surface area contributed by atoms with Crippen LogP contribution in [0.25, 0.3) is 0 Å². The molecular formula is C16H14F3N3O2. The van der Waals surface area contributed by atoms with E-state index in [1.165, 1.54) is 0 Å². The van der Waals surface area contributed by atoms with E-state index in [0.29, 0.717) is 6.42 Å². The number of urea groups is 1. The molecule has 1 aromatic heterocycles. The molecule has 1 heterocycles. The Labute approximate surface area is 135 Å². The molecule has 0 spiro atoms. The van der Waals surface area contributed by atoms with E-state index in [0.717, 1.165) is 29.5 Å². The predicted molar refractivity (Wildman–Crippen MR) is 80.3 cm³/mol. The van der Waals surface area contributed by atoms with Crippen LogP contribution in [0.4, 0.5) is 23.7 Å². The molecule has 126 valence electrons. The van der Waals surface area contributed by atoms with E-state index >= 15 is 0 Å². The molecule has 24 heavy (non-hydrogen) atoms. The lowest BCUT2D eigenvalue weighted by Crippen LogP contribution is -2.36. The molecule has 1 aliphatic rings. The summed E-state index contributed by atoms with van der Waals surface area (Å²) in [6.45, 7) is 0. The van der Waals surface area contributed by atoms with Crippen LogP contribution in [0.5, 0.6) is 0 Å². The smallest absolute Gasteiger partial charge is 0.390 e. The van der Waals surface area contributed by atoms with Crippen molar-refractivity contribution in [3.8, 4) is 0 Å². The van der Waals surface area contributed by atoms with Crippen LogP contribution < -0.4 is 10.6 Å². The van der Waals surface area contributed by atoms with Crippen molar-refractivity contribution < 1.29 is 23.1 Å². The average Bonchev–Trinajstić information content (AvgIpc) is 2.83. The summed E-state index contributed by atoms with van der Waals surface area (Å²) in [5.41, 5.74) is 0.868. The molecule has 0 saturated heterocycles. The first-order valence-electron chi connectivity index (χ1n) is 7.21. The molecule has 0 bridgehead atoms. The summed E-state index contributed by atoms with van der Waals surface area (Å²) >= 11 is 0. The summed E-state index contributed by atoms with van der Waals surface area (Å²) in [7, 11) is 0. The van der Waals surface area contributed by atoms with Crippen molar-refractivity contribution in [1.29, 1.82) is 0 Å². The van der Waals surface area contributed by atoms with Crippen LogP contribution in [0, 0.1) is 0 Å². The van der Waals surface area contributed by atoms with E-state index in [1.54, 1.807) is 0 Å². The number of amides is 2. The van der Waals surface area contributed by atoms with Crippen LogP contribution in [0.15, 0.2) is 42.6 Å². The van der Waals surface area contributed by atoms with Crippen LogP contribution in [0.3, 0.4) is 0 Å². The van der Waals surface area contributed by atoms with Crippen molar-refractivity contribution in [2.24, 2.45) is 0 Å². The number of carbonyl (C=O) groups is 1. The number of halogens is 3. The molecule has 1 aromatic carbocycles. The third-order valence-electron chi connectivity index (χ3n) is 3.80. The molecule has 5 nitrogen and oxygen atoms in total. The maximum Gasteiger partial charge on any atom is 0.433 e. The summed E-state index contributed by atoms with van der Waals surface area (Å²) in [6.07, 6.45) is -3.91. The Morgan fingerprint density at radius 1 is 1.21 bits per heavy atom. The Bertz CT molecular complexity index is 747. The van der Waals surface area contributed by atoms with Gasteiger partial charge in [0.2, 0.25) is 0 Å². The van der Waals surface area contributed by atoms with Gasteiger partial charge in [-0.15, -0.1) is 0 Å². The number of fused-ring (bicyclic) bond motifs is 1. The second kappa shape index (κ2) is 6.12. The van der Waals surface area contributed by atoms with Crippen molar-refractivity contribution in [1.82, 2.24) is 10.3 Å². The largest absolute Gasteiger partial charge is 0.433 e. The number of nitrogens with zero attached hydrogens (tertiary/aromatic N) is 1. The minimum absolute atomic E-state index is 0.126. The van der Waals surface area contributed by atoms with Crippen molar-refractivity contribution >= 4 is 11.7 Å². The number of benzene rings is 1. The Kier molecular flexibility index (Phi) is 4.15. The van der Waals surface area contributed by atoms with E-state index in [9.17, 15) is 23.1 Å². The Balaban J connectivity index is 1.66. The van der Waals surface area contributed by atoms with Crippen molar-refractivity contribution in [3.63, 3.8) is 0 Å². The number of alkyl halides is 3. The second-order valence-electron chi connectivity index (χ2n) is 5.48. The van der Waals surface area contributed by atoms with Gasteiger partial charge in [0.1, 0.15) is 5.69 Å². The number of hydrogen-bond acceptors (Lipinski definition) is 3. The quantitative estimate of drug-likeness (QED) is 0.789. The van der Waals surface area contributed by atoms with Crippen LogP contribution in [0.2, 0.25) is 0 Å². The first-order chi connectivity index (χ1) is 11.3. The standard InChI is InChI=1S/C16H14F3N3O2/c17-16(18,19)13-6-5-10(8-20-13)21-15(24)22-14-11-4-2-1-3-9(11)7-12(14)23/h1-6,8,12,14,23H,7H2,(H2,21,22,24)/t12-,14-/m1/s1. The molecule has 2 amide bonds. The number of aliphatic hydroxyl groups is 1. The molecule has 3 N–H and O–H groups in total. The van der Waals surface area contributed by atoms with Crippen LogP contribution >= 0.6 is 0 Å². The van der Waals surface area contributed by atoms with Crippen LogP contribution in [0.1, 0.15) is 22.9 Å². The summed E-state index contributed by atoms with van der Waals surface area (Å²) in [6, 6.07) is 8.06. The third kappa shape index (κ3) is 3.33. The van der Waals surface area contributed by atoms with Crippen LogP contribution in [-0.2, 0) is 12.6 Å². The monoisotopic (exact) mass is 337 g/mol. The maximum atomic E-state index is 12.4. The van der Waals surface area contributed by atoms with Gasteiger partial charge in [0.25, 0.3) is 0 Å². The van der Waals surface area contributed by atoms with Gasteiger partial charge < -0.3 is 15.7 Å². The Morgan fingerprint density at radius 2 is 1.96 bits per heavy atom. The van der Waals surface area contributed by atoms with Crippen molar-refractivity contribution in [3.05, 3.63) is 59.4 Å². The van der Waals surface area contributed by atoms with E-state index in [1.807, 2.05) is 24.3 Å². The minimum Gasteiger partial charge on any atom is -0.390 e. The summed E-state index contributed by atoms with van der Waals surface area (Å²) < 4.78 is 37.3. The molecule has 0 fully saturated rings. The number of aromatic nitrogens is 1. The molecular weight excluding hydrogens is 323 g/mol. The molecule has 0 saturated carbocycles. The van der Waals surface area contributed by atoms with E-state index in [2.05, 4.69) is 15.6 Å². The van der Waals surface area contributed by atoms with Gasteiger partial charge in [-0.25, -0.2) is 9.78 Å². The highest BCUT2D eigenvalue weighted by Gasteiger charge is 2.33. The molecule has 3 rings (SSSR count). The lowest BCUT2D eigenvalue weighted by molar-refractivity contribution is -0.141. The number of pyridine rings is 1. The number of hydrogen-bond donors (Lipinski definition) is 3. The van der Waals surface area contributed by atoms with Gasteiger partial charge in [-0.2, -0.15) is 13.2 Å². The zero-order valence-corrected chi connectivity index (χ0v) is 12.3. The molecule has 2 atom stereocenters. The summed E-state index contributed by atoms with van der Waals surface area (Å²) in [5, 5.41) is 15.1. The summed E-state index contributed by atoms with van der Waals surface area (Å²) in [4.78, 5) is 15.3. The Hall–Kier alpha value is -2.61. The maximum absolute atomic E-state index is 12.4. The van der Waals surface area contributed by atoms with Gasteiger partial charge in [-0.05, 0) is 23.3 Å². The first-order valence-corrected chi connectivity index (χ1v) is 7.21. The first kappa shape index (κ1) is 16.3. The number of anilines is 1. The number of carbonyl (C=O) groups excluding carboxylic acids is 1. The second-order valence-corrected chi connectivity index (χ2v) is 5.48. The fourth-order valence-corrected chi connectivity index (χ4v) is 2.69. The van der Waals surface area contributed by atoms with E-state index in [4.69, 9.17) is 0 Å². The predicted octanol–water partition coefficient (Wildman–Crippen LogP) is 2.88. The highest BCUT2D eigenvalue weighted by atomic mass is 19.4. The van der Waals surface area contributed by atoms with Gasteiger partial charge in [-0.3, -0.25) is 0 Å². The third-order valence-corrected chi connectivity index (χ3v) is 3.80. The minimum atomic E-state index is -4.53. The van der Waals surface area contributed by atoms with Gasteiger partial charge in [0.15, 0.2) is 0 Å².